The van der Waals surface area contributed by atoms with Crippen molar-refractivity contribution in [3.63, 3.8) is 0 Å². The van der Waals surface area contributed by atoms with Gasteiger partial charge in [0.25, 0.3) is 5.56 Å². The van der Waals surface area contributed by atoms with E-state index in [2.05, 4.69) is 33.2 Å². The van der Waals surface area contributed by atoms with Gasteiger partial charge >= 0.3 is 0 Å². The van der Waals surface area contributed by atoms with Crippen molar-refractivity contribution in [1.29, 1.82) is 0 Å². The van der Waals surface area contributed by atoms with E-state index < -0.39 is 0 Å². The molecule has 0 aliphatic heterocycles. The van der Waals surface area contributed by atoms with Gasteiger partial charge in [-0.05, 0) is 39.0 Å². The highest BCUT2D eigenvalue weighted by atomic mass is 79.9. The molecule has 0 bridgehead atoms. The molecule has 2 aromatic carbocycles. The van der Waals surface area contributed by atoms with E-state index in [1.807, 2.05) is 65.7 Å². The number of benzene rings is 2. The summed E-state index contributed by atoms with van der Waals surface area (Å²) in [6.45, 7) is 1.23. The van der Waals surface area contributed by atoms with Crippen LogP contribution in [0.15, 0.2) is 82.5 Å². The molecule has 0 aliphatic carbocycles. The summed E-state index contributed by atoms with van der Waals surface area (Å²) in [5.41, 5.74) is 2.20. The fourth-order valence-electron chi connectivity index (χ4n) is 2.95. The van der Waals surface area contributed by atoms with Crippen molar-refractivity contribution in [1.82, 2.24) is 14.3 Å². The van der Waals surface area contributed by atoms with Crippen LogP contribution in [0, 0.1) is 0 Å². The third-order valence-electron chi connectivity index (χ3n) is 4.18. The molecule has 0 saturated carbocycles. The van der Waals surface area contributed by atoms with E-state index in [9.17, 15) is 4.79 Å². The van der Waals surface area contributed by atoms with Crippen molar-refractivity contribution in [2.45, 2.75) is 13.1 Å². The molecule has 4 nitrogen and oxygen atoms in total. The van der Waals surface area contributed by atoms with Crippen LogP contribution in [0.4, 0.5) is 0 Å². The molecule has 25 heavy (non-hydrogen) atoms. The van der Waals surface area contributed by atoms with E-state index >= 15 is 0 Å². The van der Waals surface area contributed by atoms with Crippen LogP contribution in [0.5, 0.6) is 0 Å². The van der Waals surface area contributed by atoms with E-state index in [1.165, 1.54) is 5.56 Å². The monoisotopic (exact) mass is 393 g/mol. The highest BCUT2D eigenvalue weighted by Crippen LogP contribution is 2.20. The van der Waals surface area contributed by atoms with Crippen molar-refractivity contribution in [2.24, 2.45) is 0 Å². The van der Waals surface area contributed by atoms with Crippen LogP contribution >= 0.6 is 15.9 Å². The highest BCUT2D eigenvalue weighted by Gasteiger charge is 2.08. The summed E-state index contributed by atoms with van der Waals surface area (Å²) in [6, 6.07) is 17.9. The third kappa shape index (κ3) is 3.28. The van der Waals surface area contributed by atoms with E-state index in [1.54, 1.807) is 4.57 Å². The number of pyridine rings is 1. The molecule has 5 heteroatoms. The van der Waals surface area contributed by atoms with Crippen LogP contribution in [0.2, 0.25) is 0 Å². The molecule has 2 aromatic heterocycles. The third-order valence-corrected chi connectivity index (χ3v) is 4.84. The molecule has 0 radical (unpaired) electrons. The van der Waals surface area contributed by atoms with Gasteiger partial charge in [-0.3, -0.25) is 9.48 Å². The molecule has 4 aromatic rings. The van der Waals surface area contributed by atoms with Gasteiger partial charge in [-0.2, -0.15) is 5.10 Å². The Kier molecular flexibility index (Phi) is 4.24. The maximum Gasteiger partial charge on any atom is 0.259 e. The summed E-state index contributed by atoms with van der Waals surface area (Å²) in [6.07, 6.45) is 5.65. The average Bonchev–Trinajstić information content (AvgIpc) is 3.05. The lowest BCUT2D eigenvalue weighted by Gasteiger charge is -2.07. The highest BCUT2D eigenvalue weighted by molar-refractivity contribution is 9.10. The first kappa shape index (κ1) is 15.8. The first-order valence-electron chi connectivity index (χ1n) is 8.03. The summed E-state index contributed by atoms with van der Waals surface area (Å²) in [7, 11) is 0. The Labute approximate surface area is 153 Å². The number of aromatic nitrogens is 3. The fourth-order valence-corrected chi connectivity index (χ4v) is 3.50. The van der Waals surface area contributed by atoms with Crippen molar-refractivity contribution >= 4 is 26.7 Å². The van der Waals surface area contributed by atoms with Crippen LogP contribution in [0.1, 0.15) is 11.1 Å². The Balaban J connectivity index is 1.61. The molecule has 0 fully saturated rings. The van der Waals surface area contributed by atoms with Crippen LogP contribution in [-0.2, 0) is 13.1 Å². The maximum absolute atomic E-state index is 12.8. The van der Waals surface area contributed by atoms with Gasteiger partial charge in [0.05, 0.1) is 24.7 Å². The molecular formula is C20H16BrN3O. The van der Waals surface area contributed by atoms with Gasteiger partial charge in [-0.25, -0.2) is 0 Å². The van der Waals surface area contributed by atoms with Gasteiger partial charge in [0.2, 0.25) is 0 Å². The number of nitrogens with zero attached hydrogens (tertiary/aromatic N) is 3. The molecule has 0 atom stereocenters. The fraction of sp³-hybridized carbons (Fsp3) is 0.100. The predicted octanol–water partition coefficient (Wildman–Crippen LogP) is 4.06. The van der Waals surface area contributed by atoms with Gasteiger partial charge in [0.1, 0.15) is 0 Å². The van der Waals surface area contributed by atoms with Crippen molar-refractivity contribution in [3.05, 3.63) is 99.1 Å². The largest absolute Gasteiger partial charge is 0.310 e. The summed E-state index contributed by atoms with van der Waals surface area (Å²) >= 11 is 3.48. The molecule has 0 aliphatic rings. The molecule has 0 N–H and O–H groups in total. The molecule has 124 valence electrons. The van der Waals surface area contributed by atoms with Gasteiger partial charge in [0.15, 0.2) is 0 Å². The van der Waals surface area contributed by atoms with Gasteiger partial charge in [-0.1, -0.05) is 42.5 Å². The van der Waals surface area contributed by atoms with Crippen molar-refractivity contribution < 1.29 is 0 Å². The molecular weight excluding hydrogens is 378 g/mol. The first-order valence-corrected chi connectivity index (χ1v) is 8.83. The lowest BCUT2D eigenvalue weighted by molar-refractivity contribution is 0.684. The summed E-state index contributed by atoms with van der Waals surface area (Å²) in [5, 5.41) is 6.06. The zero-order valence-corrected chi connectivity index (χ0v) is 15.1. The van der Waals surface area contributed by atoms with E-state index in [-0.39, 0.29) is 5.56 Å². The lowest BCUT2D eigenvalue weighted by atomic mass is 10.2. The second kappa shape index (κ2) is 6.69. The first-order chi connectivity index (χ1) is 12.2. The summed E-state index contributed by atoms with van der Waals surface area (Å²) < 4.78 is 4.44. The number of fused-ring (bicyclic) bond motifs is 1. The second-order valence-corrected chi connectivity index (χ2v) is 6.84. The normalized spacial score (nSPS) is 11.1. The minimum atomic E-state index is 0.000726. The standard InChI is InChI=1S/C20H16BrN3O/c21-18-8-4-7-17-9-10-23(20(25)19(17)18)12-16-11-22-24(14-16)13-15-5-2-1-3-6-15/h1-11,14H,12-13H2. The van der Waals surface area contributed by atoms with Crippen LogP contribution in [-0.4, -0.2) is 14.3 Å². The smallest absolute Gasteiger partial charge is 0.259 e. The molecule has 0 unspecified atom stereocenters. The minimum absolute atomic E-state index is 0.000726. The molecule has 0 saturated heterocycles. The number of halogens is 1. The molecule has 0 amide bonds. The average molecular weight is 394 g/mol. The van der Waals surface area contributed by atoms with Crippen LogP contribution in [0.25, 0.3) is 10.8 Å². The Morgan fingerprint density at radius 1 is 0.920 bits per heavy atom. The number of hydrogen-bond donors (Lipinski definition) is 0. The Morgan fingerprint density at radius 2 is 1.76 bits per heavy atom. The molecule has 0 spiro atoms. The minimum Gasteiger partial charge on any atom is -0.310 e. The zero-order chi connectivity index (χ0) is 17.2. The lowest BCUT2D eigenvalue weighted by Crippen LogP contribution is -2.20. The second-order valence-electron chi connectivity index (χ2n) is 5.98. The van der Waals surface area contributed by atoms with Crippen LogP contribution in [0.3, 0.4) is 0 Å². The maximum atomic E-state index is 12.8. The Hall–Kier alpha value is -2.66. The van der Waals surface area contributed by atoms with Crippen LogP contribution < -0.4 is 5.56 Å². The quantitative estimate of drug-likeness (QED) is 0.524. The zero-order valence-electron chi connectivity index (χ0n) is 13.5. The summed E-state index contributed by atoms with van der Waals surface area (Å²) in [5.74, 6) is 0. The predicted molar refractivity (Wildman–Crippen MR) is 103 cm³/mol. The van der Waals surface area contributed by atoms with E-state index in [4.69, 9.17) is 0 Å². The SMILES string of the molecule is O=c1c2c(Br)cccc2ccn1Cc1cnn(Cc2ccccc2)c1. The van der Waals surface area contributed by atoms with Crippen molar-refractivity contribution in [2.75, 3.05) is 0 Å². The Bertz CT molecular complexity index is 1080. The summed E-state index contributed by atoms with van der Waals surface area (Å²) in [4.78, 5) is 12.8. The number of hydrogen-bond acceptors (Lipinski definition) is 2. The van der Waals surface area contributed by atoms with Crippen molar-refractivity contribution in [3.8, 4) is 0 Å². The Morgan fingerprint density at radius 3 is 2.60 bits per heavy atom. The van der Waals surface area contributed by atoms with Gasteiger partial charge in [-0.15, -0.1) is 0 Å². The van der Waals surface area contributed by atoms with E-state index in [0.717, 1.165) is 22.0 Å². The van der Waals surface area contributed by atoms with Gasteiger partial charge in [0, 0.05) is 22.4 Å². The number of rotatable bonds is 4. The molecule has 2 heterocycles. The van der Waals surface area contributed by atoms with E-state index in [0.29, 0.717) is 11.9 Å². The topological polar surface area (TPSA) is 39.8 Å². The van der Waals surface area contributed by atoms with Gasteiger partial charge < -0.3 is 4.57 Å². The molecule has 4 rings (SSSR count).